The second-order valence-electron chi connectivity index (χ2n) is 10.9. The van der Waals surface area contributed by atoms with Crippen LogP contribution in [0.2, 0.25) is 0 Å². The number of aromatic nitrogens is 2. The average molecular weight is 476 g/mol. The zero-order chi connectivity index (χ0) is 25.3. The Morgan fingerprint density at radius 1 is 1.12 bits per heavy atom. The highest BCUT2D eigenvalue weighted by atomic mass is 16.7. The number of carbonyl (C=O) groups is 2. The maximum atomic E-state index is 12.7. The number of carbonyl (C=O) groups excluding carboxylic acids is 2. The third-order valence-corrected chi connectivity index (χ3v) is 6.30. The molecular weight excluding hydrogens is 439 g/mol. The lowest BCUT2D eigenvalue weighted by Gasteiger charge is -2.33. The van der Waals surface area contributed by atoms with Crippen LogP contribution in [0.4, 0.5) is 4.79 Å². The Labute approximate surface area is 202 Å². The topological polar surface area (TPSA) is 112 Å². The van der Waals surface area contributed by atoms with Crippen LogP contribution in [0.5, 0.6) is 6.01 Å². The number of piperidine rings is 1. The Morgan fingerprint density at radius 2 is 1.65 bits per heavy atom. The van der Waals surface area contributed by atoms with Gasteiger partial charge in [0.2, 0.25) is 5.91 Å². The van der Waals surface area contributed by atoms with E-state index >= 15 is 0 Å². The number of amides is 2. The van der Waals surface area contributed by atoms with Gasteiger partial charge in [-0.25, -0.2) is 14.8 Å². The van der Waals surface area contributed by atoms with E-state index < -0.39 is 36.1 Å². The fourth-order valence-corrected chi connectivity index (χ4v) is 3.65. The number of likely N-dealkylation sites (tertiary alicyclic amines) is 1. The summed E-state index contributed by atoms with van der Waals surface area (Å²) in [4.78, 5) is 35.0. The summed E-state index contributed by atoms with van der Waals surface area (Å²) in [6.07, 6.45) is 3.91. The third kappa shape index (κ3) is 6.38. The SMILES string of the molecule is C[C@@H](NC(=O)OC(C)(C)C)C(=O)N1CCC(Oc2ncc(B3OC(C)(C)C(C)(C)O3)cn2)CC1. The summed E-state index contributed by atoms with van der Waals surface area (Å²) in [7, 11) is -0.524. The van der Waals surface area contributed by atoms with E-state index in [2.05, 4.69) is 15.3 Å². The van der Waals surface area contributed by atoms with E-state index in [-0.39, 0.29) is 18.0 Å². The van der Waals surface area contributed by atoms with Gasteiger partial charge in [-0.1, -0.05) is 0 Å². The highest BCUT2D eigenvalue weighted by Gasteiger charge is 2.52. The number of rotatable bonds is 5. The third-order valence-electron chi connectivity index (χ3n) is 6.30. The van der Waals surface area contributed by atoms with Crippen LogP contribution in [0, 0.1) is 0 Å². The molecule has 188 valence electrons. The molecule has 2 aliphatic heterocycles. The van der Waals surface area contributed by atoms with Crippen molar-refractivity contribution in [3.8, 4) is 6.01 Å². The van der Waals surface area contributed by atoms with E-state index in [1.165, 1.54) is 0 Å². The van der Waals surface area contributed by atoms with Gasteiger partial charge in [0, 0.05) is 43.8 Å². The molecule has 0 saturated carbocycles. The first-order valence-corrected chi connectivity index (χ1v) is 11.8. The Morgan fingerprint density at radius 3 is 2.15 bits per heavy atom. The first-order valence-electron chi connectivity index (χ1n) is 11.8. The Balaban J connectivity index is 1.46. The fraction of sp³-hybridized carbons (Fsp3) is 0.739. The van der Waals surface area contributed by atoms with Gasteiger partial charge < -0.3 is 29.0 Å². The first kappa shape index (κ1) is 26.2. The summed E-state index contributed by atoms with van der Waals surface area (Å²) < 4.78 is 23.2. The van der Waals surface area contributed by atoms with Gasteiger partial charge in [0.25, 0.3) is 0 Å². The van der Waals surface area contributed by atoms with Crippen molar-refractivity contribution in [2.24, 2.45) is 0 Å². The summed E-state index contributed by atoms with van der Waals surface area (Å²) in [5.74, 6) is -0.146. The van der Waals surface area contributed by atoms with Gasteiger partial charge in [-0.15, -0.1) is 0 Å². The fourth-order valence-electron chi connectivity index (χ4n) is 3.65. The molecule has 0 spiro atoms. The normalized spacial score (nSPS) is 21.2. The maximum Gasteiger partial charge on any atom is 0.498 e. The van der Waals surface area contributed by atoms with Crippen LogP contribution in [-0.2, 0) is 18.8 Å². The van der Waals surface area contributed by atoms with Gasteiger partial charge in [0.1, 0.15) is 17.7 Å². The largest absolute Gasteiger partial charge is 0.498 e. The van der Waals surface area contributed by atoms with Crippen LogP contribution < -0.4 is 15.5 Å². The number of nitrogens with zero attached hydrogens (tertiary/aromatic N) is 3. The predicted octanol–water partition coefficient (Wildman–Crippen LogP) is 2.06. The van der Waals surface area contributed by atoms with Crippen LogP contribution in [0.1, 0.15) is 68.2 Å². The average Bonchev–Trinajstić information content (AvgIpc) is 2.94. The second kappa shape index (κ2) is 9.69. The summed E-state index contributed by atoms with van der Waals surface area (Å²) in [5, 5.41) is 2.60. The molecule has 1 N–H and O–H groups in total. The highest BCUT2D eigenvalue weighted by molar-refractivity contribution is 6.61. The van der Waals surface area contributed by atoms with E-state index in [4.69, 9.17) is 18.8 Å². The van der Waals surface area contributed by atoms with E-state index in [0.717, 1.165) is 5.46 Å². The molecule has 2 aliphatic rings. The molecule has 3 heterocycles. The van der Waals surface area contributed by atoms with Crippen molar-refractivity contribution in [2.45, 2.75) is 97.2 Å². The van der Waals surface area contributed by atoms with Crippen LogP contribution in [0.3, 0.4) is 0 Å². The van der Waals surface area contributed by atoms with E-state index in [9.17, 15) is 9.59 Å². The number of hydrogen-bond acceptors (Lipinski definition) is 8. The number of hydrogen-bond donors (Lipinski definition) is 1. The zero-order valence-electron chi connectivity index (χ0n) is 21.5. The lowest BCUT2D eigenvalue weighted by molar-refractivity contribution is -0.134. The molecule has 10 nitrogen and oxygen atoms in total. The minimum absolute atomic E-state index is 0.0964. The predicted molar refractivity (Wildman–Crippen MR) is 127 cm³/mol. The summed E-state index contributed by atoms with van der Waals surface area (Å²) in [6, 6.07) is -0.386. The van der Waals surface area contributed by atoms with Crippen molar-refractivity contribution in [2.75, 3.05) is 13.1 Å². The minimum atomic E-state index is -0.668. The van der Waals surface area contributed by atoms with Crippen molar-refractivity contribution < 1.29 is 28.4 Å². The number of nitrogens with one attached hydrogen (secondary N) is 1. The van der Waals surface area contributed by atoms with Crippen molar-refractivity contribution in [3.63, 3.8) is 0 Å². The Bertz CT molecular complexity index is 862. The van der Waals surface area contributed by atoms with Crippen LogP contribution in [-0.4, -0.2) is 76.0 Å². The van der Waals surface area contributed by atoms with Crippen molar-refractivity contribution in [3.05, 3.63) is 12.4 Å². The maximum absolute atomic E-state index is 12.7. The Kier molecular flexibility index (Phi) is 7.47. The molecule has 2 amide bonds. The van der Waals surface area contributed by atoms with Crippen molar-refractivity contribution in [1.82, 2.24) is 20.2 Å². The van der Waals surface area contributed by atoms with Gasteiger partial charge in [-0.05, 0) is 55.4 Å². The van der Waals surface area contributed by atoms with Crippen LogP contribution >= 0.6 is 0 Å². The van der Waals surface area contributed by atoms with Gasteiger partial charge in [0.15, 0.2) is 0 Å². The van der Waals surface area contributed by atoms with E-state index in [1.54, 1.807) is 45.0 Å². The lowest BCUT2D eigenvalue weighted by atomic mass is 9.81. The molecule has 0 aliphatic carbocycles. The summed E-state index contributed by atoms with van der Waals surface area (Å²) >= 11 is 0. The van der Waals surface area contributed by atoms with Gasteiger partial charge >= 0.3 is 19.2 Å². The smallest absolute Gasteiger partial charge is 0.460 e. The molecule has 0 bridgehead atoms. The molecule has 34 heavy (non-hydrogen) atoms. The summed E-state index contributed by atoms with van der Waals surface area (Å²) in [5.41, 5.74) is -0.749. The first-order chi connectivity index (χ1) is 15.7. The van der Waals surface area contributed by atoms with Crippen LogP contribution in [0.25, 0.3) is 0 Å². The number of alkyl carbamates (subject to hydrolysis) is 1. The monoisotopic (exact) mass is 476 g/mol. The molecule has 11 heteroatoms. The van der Waals surface area contributed by atoms with Crippen LogP contribution in [0.15, 0.2) is 12.4 Å². The second-order valence-corrected chi connectivity index (χ2v) is 10.9. The molecule has 1 aromatic heterocycles. The molecule has 1 atom stereocenters. The minimum Gasteiger partial charge on any atom is -0.460 e. The lowest BCUT2D eigenvalue weighted by Crippen LogP contribution is -2.51. The van der Waals surface area contributed by atoms with Crippen molar-refractivity contribution in [1.29, 1.82) is 0 Å². The van der Waals surface area contributed by atoms with Gasteiger partial charge in [0.05, 0.1) is 11.2 Å². The summed E-state index contributed by atoms with van der Waals surface area (Å²) in [6.45, 7) is 16.0. The highest BCUT2D eigenvalue weighted by Crippen LogP contribution is 2.36. The Hall–Kier alpha value is -2.40. The standard InChI is InChI=1S/C23H37BN4O6/c1-15(27-20(30)32-21(2,3)4)18(29)28-11-9-17(10-12-28)31-19-25-13-16(14-26-19)24-33-22(5,6)23(7,8)34-24/h13-15,17H,9-12H2,1-8H3,(H,27,30)/t15-/m1/s1. The molecule has 3 rings (SSSR count). The van der Waals surface area contributed by atoms with Gasteiger partial charge in [-0.3, -0.25) is 4.79 Å². The molecular formula is C23H37BN4O6. The molecule has 0 radical (unpaired) electrons. The molecule has 2 fully saturated rings. The van der Waals surface area contributed by atoms with E-state index in [1.807, 2.05) is 27.7 Å². The molecule has 2 saturated heterocycles. The quantitative estimate of drug-likeness (QED) is 0.643. The molecule has 0 unspecified atom stereocenters. The zero-order valence-corrected chi connectivity index (χ0v) is 21.5. The van der Waals surface area contributed by atoms with Gasteiger partial charge in [-0.2, -0.15) is 0 Å². The molecule has 0 aromatic carbocycles. The molecule has 1 aromatic rings. The van der Waals surface area contributed by atoms with E-state index in [0.29, 0.717) is 25.9 Å². The van der Waals surface area contributed by atoms with Crippen molar-refractivity contribution >= 4 is 24.6 Å². The number of ether oxygens (including phenoxy) is 2.